The van der Waals surface area contributed by atoms with Crippen LogP contribution in [-0.4, -0.2) is 24.7 Å². The van der Waals surface area contributed by atoms with Crippen molar-refractivity contribution in [1.82, 2.24) is 0 Å². The van der Waals surface area contributed by atoms with E-state index in [0.29, 0.717) is 11.6 Å². The molecule has 4 heteroatoms. The molecule has 0 aromatic heterocycles. The summed E-state index contributed by atoms with van der Waals surface area (Å²) in [5.74, 6) is 0.0693. The number of amides is 1. The van der Waals surface area contributed by atoms with Crippen LogP contribution in [0.2, 0.25) is 5.02 Å². The Kier molecular flexibility index (Phi) is 1.97. The lowest BCUT2D eigenvalue weighted by Gasteiger charge is -2.45. The smallest absolute Gasteiger partial charge is 0.256 e. The topological polar surface area (TPSA) is 29.5 Å². The van der Waals surface area contributed by atoms with Gasteiger partial charge in [0.15, 0.2) is 0 Å². The van der Waals surface area contributed by atoms with Gasteiger partial charge in [-0.05, 0) is 24.3 Å². The Morgan fingerprint density at radius 2 is 2.00 bits per heavy atom. The maximum atomic E-state index is 11.8. The molecule has 3 aliphatic rings. The van der Waals surface area contributed by atoms with Gasteiger partial charge >= 0.3 is 0 Å². The van der Waals surface area contributed by atoms with Crippen molar-refractivity contribution in [1.29, 1.82) is 0 Å². The van der Waals surface area contributed by atoms with E-state index in [2.05, 4.69) is 0 Å². The molecule has 1 amide bonds. The molecule has 0 N–H and O–H groups in total. The van der Waals surface area contributed by atoms with Crippen molar-refractivity contribution in [3.05, 3.63) is 29.3 Å². The van der Waals surface area contributed by atoms with Gasteiger partial charge in [-0.1, -0.05) is 11.6 Å². The minimum absolute atomic E-state index is 0.0693. The van der Waals surface area contributed by atoms with Gasteiger partial charge in [-0.15, -0.1) is 0 Å². The van der Waals surface area contributed by atoms with Crippen LogP contribution in [0.5, 0.6) is 0 Å². The molecule has 0 saturated carbocycles. The quantitative estimate of drug-likeness (QED) is 0.727. The average molecular weight is 224 g/mol. The van der Waals surface area contributed by atoms with E-state index < -0.39 is 0 Å². The number of morpholine rings is 1. The van der Waals surface area contributed by atoms with E-state index >= 15 is 0 Å². The number of carbonyl (C=O) groups is 1. The van der Waals surface area contributed by atoms with Crippen LogP contribution in [-0.2, 0) is 9.53 Å². The Morgan fingerprint density at radius 3 is 2.60 bits per heavy atom. The van der Waals surface area contributed by atoms with Gasteiger partial charge in [-0.3, -0.25) is 4.79 Å². The number of piperidine rings is 1. The van der Waals surface area contributed by atoms with Gasteiger partial charge < -0.3 is 9.64 Å². The van der Waals surface area contributed by atoms with Crippen molar-refractivity contribution in [3.63, 3.8) is 0 Å². The normalized spacial score (nSPS) is 28.9. The van der Waals surface area contributed by atoms with Gasteiger partial charge in [0.2, 0.25) is 0 Å². The first-order chi connectivity index (χ1) is 7.24. The van der Waals surface area contributed by atoms with Gasteiger partial charge in [0, 0.05) is 17.1 Å². The van der Waals surface area contributed by atoms with Crippen molar-refractivity contribution in [2.24, 2.45) is 0 Å². The molecule has 2 bridgehead atoms. The number of rotatable bonds is 1. The summed E-state index contributed by atoms with van der Waals surface area (Å²) in [6.45, 7) is 0.664. The summed E-state index contributed by atoms with van der Waals surface area (Å²) in [7, 11) is 0. The average Bonchev–Trinajstić information content (AvgIpc) is 2.18. The number of halogens is 1. The van der Waals surface area contributed by atoms with Crippen molar-refractivity contribution >= 4 is 23.2 Å². The van der Waals surface area contributed by atoms with Crippen LogP contribution in [0.4, 0.5) is 5.69 Å². The summed E-state index contributed by atoms with van der Waals surface area (Å²) in [4.78, 5) is 13.6. The third-order valence-electron chi connectivity index (χ3n) is 2.90. The Morgan fingerprint density at radius 1 is 1.33 bits per heavy atom. The highest BCUT2D eigenvalue weighted by Crippen LogP contribution is 2.32. The summed E-state index contributed by atoms with van der Waals surface area (Å²) in [6, 6.07) is 7.33. The van der Waals surface area contributed by atoms with Gasteiger partial charge in [0.1, 0.15) is 6.10 Å². The van der Waals surface area contributed by atoms with Gasteiger partial charge in [-0.25, -0.2) is 0 Å². The molecule has 0 spiro atoms. The number of benzene rings is 1. The lowest BCUT2D eigenvalue weighted by Crippen LogP contribution is -2.61. The van der Waals surface area contributed by atoms with E-state index in [1.807, 2.05) is 12.1 Å². The van der Waals surface area contributed by atoms with Crippen LogP contribution in [0.3, 0.4) is 0 Å². The largest absolute Gasteiger partial charge is 0.363 e. The second-order valence-electron chi connectivity index (χ2n) is 3.91. The lowest BCUT2D eigenvalue weighted by molar-refractivity contribution is -0.169. The van der Waals surface area contributed by atoms with Crippen molar-refractivity contribution in [2.45, 2.75) is 18.6 Å². The van der Waals surface area contributed by atoms with Crippen LogP contribution >= 0.6 is 11.6 Å². The number of nitrogens with zero attached hydrogens (tertiary/aromatic N) is 1. The molecule has 4 rings (SSSR count). The van der Waals surface area contributed by atoms with Crippen LogP contribution in [0.15, 0.2) is 24.3 Å². The van der Waals surface area contributed by atoms with Crippen LogP contribution in [0.25, 0.3) is 0 Å². The van der Waals surface area contributed by atoms with Crippen LogP contribution < -0.4 is 4.90 Å². The highest BCUT2D eigenvalue weighted by Gasteiger charge is 2.45. The summed E-state index contributed by atoms with van der Waals surface area (Å²) in [5.41, 5.74) is 0.905. The molecule has 0 aliphatic carbocycles. The fourth-order valence-electron chi connectivity index (χ4n) is 2.06. The van der Waals surface area contributed by atoms with Gasteiger partial charge in [-0.2, -0.15) is 0 Å². The molecule has 1 aromatic rings. The minimum atomic E-state index is -0.209. The maximum Gasteiger partial charge on any atom is 0.256 e. The van der Waals surface area contributed by atoms with Crippen molar-refractivity contribution in [3.8, 4) is 0 Å². The maximum absolute atomic E-state index is 11.8. The molecule has 3 heterocycles. The highest BCUT2D eigenvalue weighted by atomic mass is 35.5. The van der Waals surface area contributed by atoms with E-state index in [-0.39, 0.29) is 18.1 Å². The number of hydrogen-bond acceptors (Lipinski definition) is 2. The molecule has 15 heavy (non-hydrogen) atoms. The predicted octanol–water partition coefficient (Wildman–Crippen LogP) is 1.84. The van der Waals surface area contributed by atoms with Gasteiger partial charge in [0.25, 0.3) is 5.91 Å². The van der Waals surface area contributed by atoms with E-state index in [1.54, 1.807) is 17.0 Å². The molecule has 78 valence electrons. The van der Waals surface area contributed by atoms with Crippen molar-refractivity contribution < 1.29 is 9.53 Å². The summed E-state index contributed by atoms with van der Waals surface area (Å²) >= 11 is 5.80. The number of carbonyl (C=O) groups excluding carboxylic acids is 1. The molecule has 3 saturated heterocycles. The molecule has 3 aliphatic heterocycles. The zero-order valence-electron chi connectivity index (χ0n) is 8.02. The molecule has 3 nitrogen and oxygen atoms in total. The monoisotopic (exact) mass is 223 g/mol. The van der Waals surface area contributed by atoms with Crippen LogP contribution in [0, 0.1) is 0 Å². The Labute approximate surface area is 92.6 Å². The SMILES string of the molecule is O=C1C2CC(CN1c1ccc(Cl)cc1)O2. The van der Waals surface area contributed by atoms with Crippen molar-refractivity contribution in [2.75, 3.05) is 11.4 Å². The number of ether oxygens (including phenoxy) is 1. The third kappa shape index (κ3) is 1.43. The molecule has 1 aromatic carbocycles. The first kappa shape index (κ1) is 9.19. The lowest BCUT2D eigenvalue weighted by atomic mass is 9.97. The summed E-state index contributed by atoms with van der Waals surface area (Å²) in [6.07, 6.45) is 0.894. The first-order valence-corrected chi connectivity index (χ1v) is 5.34. The summed E-state index contributed by atoms with van der Waals surface area (Å²) < 4.78 is 5.35. The zero-order chi connectivity index (χ0) is 10.4. The molecule has 3 fully saturated rings. The Hall–Kier alpha value is -1.06. The Bertz CT molecular complexity index is 398. The number of hydrogen-bond donors (Lipinski definition) is 0. The van der Waals surface area contributed by atoms with E-state index in [1.165, 1.54) is 0 Å². The fourth-order valence-corrected chi connectivity index (χ4v) is 2.18. The Balaban J connectivity index is 1.88. The number of anilines is 1. The molecular weight excluding hydrogens is 214 g/mol. The first-order valence-electron chi connectivity index (χ1n) is 4.96. The van der Waals surface area contributed by atoms with Gasteiger partial charge in [0.05, 0.1) is 12.6 Å². The second-order valence-corrected chi connectivity index (χ2v) is 4.34. The second kappa shape index (κ2) is 3.22. The van der Waals surface area contributed by atoms with E-state index in [9.17, 15) is 4.79 Å². The molecule has 2 atom stereocenters. The zero-order valence-corrected chi connectivity index (χ0v) is 8.78. The van der Waals surface area contributed by atoms with E-state index in [4.69, 9.17) is 16.3 Å². The van der Waals surface area contributed by atoms with E-state index in [0.717, 1.165) is 12.1 Å². The predicted molar refractivity (Wildman–Crippen MR) is 57.1 cm³/mol. The molecular formula is C11H10ClNO2. The molecule has 2 unspecified atom stereocenters. The minimum Gasteiger partial charge on any atom is -0.363 e. The third-order valence-corrected chi connectivity index (χ3v) is 3.15. The number of fused-ring (bicyclic) bond motifs is 2. The molecule has 0 radical (unpaired) electrons. The highest BCUT2D eigenvalue weighted by molar-refractivity contribution is 6.30. The fraction of sp³-hybridized carbons (Fsp3) is 0.364. The standard InChI is InChI=1S/C11H10ClNO2/c12-7-1-3-8(4-2-7)13-6-9-5-10(15-9)11(13)14/h1-4,9-10H,5-6H2. The summed E-state index contributed by atoms with van der Waals surface area (Å²) in [5, 5.41) is 0.685. The van der Waals surface area contributed by atoms with Crippen LogP contribution in [0.1, 0.15) is 6.42 Å².